The fourth-order valence-corrected chi connectivity index (χ4v) is 3.05. The monoisotopic (exact) mass is 338 g/mol. The molecule has 0 saturated carbocycles. The van der Waals surface area contributed by atoms with Crippen molar-refractivity contribution in [3.8, 4) is 0 Å². The number of hydrogen-bond acceptors (Lipinski definition) is 5. The molecule has 5 nitrogen and oxygen atoms in total. The van der Waals surface area contributed by atoms with Crippen LogP contribution in [0.5, 0.6) is 0 Å². The Kier molecular flexibility index (Phi) is 8.39. The molecule has 0 fully saturated rings. The SMILES string of the molecule is CN(N)c1cccc(Cl)c1SCc1ccccc1.NNC=O. The molecule has 7 heteroatoms. The molecule has 118 valence electrons. The average Bonchev–Trinajstić information content (AvgIpc) is 2.54. The van der Waals surface area contributed by atoms with Crippen molar-refractivity contribution in [2.45, 2.75) is 10.6 Å². The second-order valence-corrected chi connectivity index (χ2v) is 5.65. The van der Waals surface area contributed by atoms with E-state index < -0.39 is 0 Å². The van der Waals surface area contributed by atoms with E-state index in [1.54, 1.807) is 22.2 Å². The fourth-order valence-electron chi connectivity index (χ4n) is 1.65. The van der Waals surface area contributed by atoms with Crippen molar-refractivity contribution in [1.29, 1.82) is 0 Å². The lowest BCUT2D eigenvalue weighted by molar-refractivity contribution is -0.109. The molecule has 22 heavy (non-hydrogen) atoms. The third-order valence-electron chi connectivity index (χ3n) is 2.62. The molecule has 0 atom stereocenters. The van der Waals surface area contributed by atoms with Gasteiger partial charge in [-0.15, -0.1) is 11.8 Å². The molecule has 2 aromatic carbocycles. The van der Waals surface area contributed by atoms with Crippen LogP contribution in [0.1, 0.15) is 5.56 Å². The summed E-state index contributed by atoms with van der Waals surface area (Å²) in [7, 11) is 1.82. The van der Waals surface area contributed by atoms with E-state index in [9.17, 15) is 0 Å². The van der Waals surface area contributed by atoms with Crippen LogP contribution in [-0.4, -0.2) is 13.5 Å². The number of rotatable bonds is 5. The van der Waals surface area contributed by atoms with Crippen LogP contribution in [0.4, 0.5) is 5.69 Å². The molecule has 0 aliphatic rings. The molecule has 0 aromatic heterocycles. The fraction of sp³-hybridized carbons (Fsp3) is 0.133. The molecule has 0 bridgehead atoms. The Morgan fingerprint density at radius 3 is 2.41 bits per heavy atom. The molecule has 0 saturated heterocycles. The number of anilines is 1. The maximum atomic E-state index is 8.94. The molecule has 0 aliphatic carbocycles. The number of thioether (sulfide) groups is 1. The van der Waals surface area contributed by atoms with Crippen LogP contribution in [-0.2, 0) is 10.5 Å². The van der Waals surface area contributed by atoms with Gasteiger partial charge in [-0.2, -0.15) is 0 Å². The Hall–Kier alpha value is -1.73. The predicted octanol–water partition coefficient (Wildman–Crippen LogP) is 2.55. The number of carbonyl (C=O) groups is 1. The summed E-state index contributed by atoms with van der Waals surface area (Å²) >= 11 is 7.94. The van der Waals surface area contributed by atoms with Crippen molar-refractivity contribution in [3.63, 3.8) is 0 Å². The minimum atomic E-state index is 0.403. The third-order valence-corrected chi connectivity index (χ3v) is 4.24. The van der Waals surface area contributed by atoms with Crippen LogP contribution in [0.2, 0.25) is 5.02 Å². The lowest BCUT2D eigenvalue weighted by atomic mass is 10.2. The number of nitrogens with one attached hydrogen (secondary N) is 1. The highest BCUT2D eigenvalue weighted by atomic mass is 35.5. The highest BCUT2D eigenvalue weighted by molar-refractivity contribution is 7.98. The van der Waals surface area contributed by atoms with E-state index in [0.717, 1.165) is 21.4 Å². The Morgan fingerprint density at radius 2 is 1.86 bits per heavy atom. The van der Waals surface area contributed by atoms with Gasteiger partial charge in [-0.1, -0.05) is 48.0 Å². The van der Waals surface area contributed by atoms with Gasteiger partial charge in [0.25, 0.3) is 0 Å². The van der Waals surface area contributed by atoms with Crippen molar-refractivity contribution in [2.75, 3.05) is 12.1 Å². The number of hydrogen-bond donors (Lipinski definition) is 3. The lowest BCUT2D eigenvalue weighted by Crippen LogP contribution is -2.25. The van der Waals surface area contributed by atoms with Gasteiger partial charge in [0.1, 0.15) is 0 Å². The summed E-state index contributed by atoms with van der Waals surface area (Å²) in [4.78, 5) is 9.96. The largest absolute Gasteiger partial charge is 0.313 e. The topological polar surface area (TPSA) is 84.4 Å². The van der Waals surface area contributed by atoms with Crippen LogP contribution >= 0.6 is 23.4 Å². The van der Waals surface area contributed by atoms with Gasteiger partial charge in [0, 0.05) is 12.8 Å². The lowest BCUT2D eigenvalue weighted by Gasteiger charge is -2.17. The molecule has 0 heterocycles. The van der Waals surface area contributed by atoms with E-state index in [2.05, 4.69) is 18.0 Å². The molecular formula is C15H19ClN4OS. The number of carbonyl (C=O) groups excluding carboxylic acids is 1. The zero-order chi connectivity index (χ0) is 16.4. The van der Waals surface area contributed by atoms with Gasteiger partial charge in [-0.25, -0.2) is 11.7 Å². The Labute approximate surface area is 139 Å². The van der Waals surface area contributed by atoms with Crippen LogP contribution < -0.4 is 22.1 Å². The van der Waals surface area contributed by atoms with Crippen molar-refractivity contribution in [2.24, 2.45) is 11.7 Å². The van der Waals surface area contributed by atoms with Crippen molar-refractivity contribution < 1.29 is 4.79 Å². The van der Waals surface area contributed by atoms with Crippen molar-refractivity contribution in [1.82, 2.24) is 5.43 Å². The van der Waals surface area contributed by atoms with Crippen LogP contribution in [0.15, 0.2) is 53.4 Å². The minimum Gasteiger partial charge on any atom is -0.313 e. The standard InChI is InChI=1S/C14H15ClN2S.CH4N2O/c1-17(16)13-9-5-8-12(15)14(13)18-10-11-6-3-2-4-7-11;2-3-1-4/h2-9H,10,16H2,1H3;1H,2H2,(H,3,4). The summed E-state index contributed by atoms with van der Waals surface area (Å²) in [5.41, 5.74) is 3.97. The van der Waals surface area contributed by atoms with Gasteiger partial charge in [0.05, 0.1) is 15.6 Å². The van der Waals surface area contributed by atoms with Gasteiger partial charge in [-0.05, 0) is 17.7 Å². The summed E-state index contributed by atoms with van der Waals surface area (Å²) in [6.07, 6.45) is 0.403. The number of benzene rings is 2. The van der Waals surface area contributed by atoms with Crippen LogP contribution in [0, 0.1) is 0 Å². The number of hydrazine groups is 2. The Balaban J connectivity index is 0.000000541. The quantitative estimate of drug-likeness (QED) is 0.256. The number of halogens is 1. The van der Waals surface area contributed by atoms with Gasteiger partial charge >= 0.3 is 0 Å². The minimum absolute atomic E-state index is 0.403. The van der Waals surface area contributed by atoms with Gasteiger partial charge in [-0.3, -0.25) is 10.2 Å². The Bertz CT molecular complexity index is 581. The molecule has 0 unspecified atom stereocenters. The van der Waals surface area contributed by atoms with E-state index in [4.69, 9.17) is 22.2 Å². The molecule has 0 spiro atoms. The predicted molar refractivity (Wildman–Crippen MR) is 93.4 cm³/mol. The highest BCUT2D eigenvalue weighted by Crippen LogP contribution is 2.36. The maximum absolute atomic E-state index is 8.94. The maximum Gasteiger partial charge on any atom is 0.221 e. The first-order chi connectivity index (χ1) is 10.6. The Morgan fingerprint density at radius 1 is 1.23 bits per heavy atom. The smallest absolute Gasteiger partial charge is 0.221 e. The van der Waals surface area contributed by atoms with E-state index in [1.165, 1.54) is 5.56 Å². The van der Waals surface area contributed by atoms with Gasteiger partial charge < -0.3 is 5.01 Å². The average molecular weight is 339 g/mol. The first-order valence-electron chi connectivity index (χ1n) is 6.43. The van der Waals surface area contributed by atoms with Gasteiger partial charge in [0.15, 0.2) is 0 Å². The van der Waals surface area contributed by atoms with E-state index in [0.29, 0.717) is 6.41 Å². The summed E-state index contributed by atoms with van der Waals surface area (Å²) in [5, 5.41) is 2.34. The third kappa shape index (κ3) is 5.95. The summed E-state index contributed by atoms with van der Waals surface area (Å²) in [5.74, 6) is 11.1. The second kappa shape index (κ2) is 10.1. The van der Waals surface area contributed by atoms with Gasteiger partial charge in [0.2, 0.25) is 6.41 Å². The van der Waals surface area contributed by atoms with Crippen LogP contribution in [0.3, 0.4) is 0 Å². The van der Waals surface area contributed by atoms with E-state index >= 15 is 0 Å². The zero-order valence-electron chi connectivity index (χ0n) is 12.2. The van der Waals surface area contributed by atoms with Crippen LogP contribution in [0.25, 0.3) is 0 Å². The summed E-state index contributed by atoms with van der Waals surface area (Å²) in [6, 6.07) is 16.1. The summed E-state index contributed by atoms with van der Waals surface area (Å²) in [6.45, 7) is 0. The first kappa shape index (κ1) is 18.3. The molecule has 5 N–H and O–H groups in total. The molecule has 2 aromatic rings. The van der Waals surface area contributed by atoms with E-state index in [1.807, 2.05) is 43.4 Å². The molecular weight excluding hydrogens is 320 g/mol. The number of nitrogens with two attached hydrogens (primary N) is 2. The second-order valence-electron chi connectivity index (χ2n) is 4.26. The molecule has 0 aliphatic heterocycles. The normalized spacial score (nSPS) is 9.45. The van der Waals surface area contributed by atoms with Crippen molar-refractivity contribution in [3.05, 3.63) is 59.1 Å². The molecule has 2 rings (SSSR count). The number of amides is 1. The van der Waals surface area contributed by atoms with Crippen molar-refractivity contribution >= 4 is 35.5 Å². The number of nitrogens with zero attached hydrogens (tertiary/aromatic N) is 1. The highest BCUT2D eigenvalue weighted by Gasteiger charge is 2.09. The molecule has 1 amide bonds. The summed E-state index contributed by atoms with van der Waals surface area (Å²) < 4.78 is 0. The first-order valence-corrected chi connectivity index (χ1v) is 7.80. The molecule has 0 radical (unpaired) electrons. The zero-order valence-corrected chi connectivity index (χ0v) is 13.8. The van der Waals surface area contributed by atoms with E-state index in [-0.39, 0.29) is 0 Å².